The number of carboxylic acids is 1. The van der Waals surface area contributed by atoms with E-state index in [0.717, 1.165) is 22.3 Å². The number of hydrogen-bond acceptors (Lipinski definition) is 4. The van der Waals surface area contributed by atoms with Crippen molar-refractivity contribution in [2.75, 3.05) is 20.2 Å². The monoisotopic (exact) mass is 424 g/mol. The van der Waals surface area contributed by atoms with Gasteiger partial charge in [0, 0.05) is 19.5 Å². The summed E-state index contributed by atoms with van der Waals surface area (Å²) in [5, 5.41) is 11.5. The van der Waals surface area contributed by atoms with Gasteiger partial charge in [0.2, 0.25) is 5.91 Å². The van der Waals surface area contributed by atoms with Gasteiger partial charge in [-0.1, -0.05) is 62.4 Å². The number of ether oxygens (including phenoxy) is 1. The molecule has 0 saturated heterocycles. The van der Waals surface area contributed by atoms with Crippen molar-refractivity contribution in [2.24, 2.45) is 5.92 Å². The van der Waals surface area contributed by atoms with Gasteiger partial charge in [-0.15, -0.1) is 0 Å². The Morgan fingerprint density at radius 2 is 1.58 bits per heavy atom. The number of benzene rings is 2. The number of carbonyl (C=O) groups excluding carboxylic acids is 2. The third-order valence-corrected chi connectivity index (χ3v) is 5.59. The van der Waals surface area contributed by atoms with E-state index in [-0.39, 0.29) is 37.3 Å². The largest absolute Gasteiger partial charge is 0.481 e. The number of likely N-dealkylation sites (N-methyl/N-ethyl adjacent to an activating group) is 1. The van der Waals surface area contributed by atoms with Crippen LogP contribution in [0.25, 0.3) is 11.1 Å². The van der Waals surface area contributed by atoms with Gasteiger partial charge in [0.1, 0.15) is 12.6 Å². The van der Waals surface area contributed by atoms with Crippen LogP contribution < -0.4 is 5.32 Å². The summed E-state index contributed by atoms with van der Waals surface area (Å²) in [6.07, 6.45) is -0.821. The molecule has 1 aliphatic rings. The molecule has 2 aromatic rings. The minimum absolute atomic E-state index is 0.0652. The summed E-state index contributed by atoms with van der Waals surface area (Å²) in [6, 6.07) is 15.3. The van der Waals surface area contributed by atoms with Gasteiger partial charge in [0.25, 0.3) is 0 Å². The molecular formula is C24H28N2O5. The van der Waals surface area contributed by atoms with E-state index >= 15 is 0 Å². The molecule has 0 aromatic heterocycles. The van der Waals surface area contributed by atoms with Crippen LogP contribution in [-0.2, 0) is 14.3 Å². The quantitative estimate of drug-likeness (QED) is 0.676. The van der Waals surface area contributed by atoms with Crippen LogP contribution in [0.2, 0.25) is 0 Å². The Hall–Kier alpha value is -3.35. The Kier molecular flexibility index (Phi) is 6.95. The van der Waals surface area contributed by atoms with Crippen LogP contribution in [-0.4, -0.2) is 54.2 Å². The summed E-state index contributed by atoms with van der Waals surface area (Å²) < 4.78 is 5.53. The summed E-state index contributed by atoms with van der Waals surface area (Å²) in [5.74, 6) is -1.57. The zero-order valence-corrected chi connectivity index (χ0v) is 18.0. The van der Waals surface area contributed by atoms with Crippen molar-refractivity contribution in [3.05, 3.63) is 59.7 Å². The minimum atomic E-state index is -0.981. The van der Waals surface area contributed by atoms with E-state index in [1.165, 1.54) is 11.9 Å². The highest BCUT2D eigenvalue weighted by Crippen LogP contribution is 2.44. The second-order valence-corrected chi connectivity index (χ2v) is 8.10. The second kappa shape index (κ2) is 9.64. The Labute approximate surface area is 182 Å². The predicted octanol–water partition coefficient (Wildman–Crippen LogP) is 3.48. The summed E-state index contributed by atoms with van der Waals surface area (Å²) in [6.45, 7) is 3.87. The third kappa shape index (κ3) is 5.05. The maximum Gasteiger partial charge on any atom is 0.407 e. The number of aliphatic carboxylic acids is 1. The van der Waals surface area contributed by atoms with Gasteiger partial charge >= 0.3 is 12.1 Å². The van der Waals surface area contributed by atoms with Crippen molar-refractivity contribution in [1.29, 1.82) is 0 Å². The first-order chi connectivity index (χ1) is 14.8. The van der Waals surface area contributed by atoms with E-state index in [1.807, 2.05) is 50.2 Å². The number of alkyl carbamates (subject to hydrolysis) is 1. The lowest BCUT2D eigenvalue weighted by atomic mass is 9.98. The van der Waals surface area contributed by atoms with Crippen molar-refractivity contribution in [2.45, 2.75) is 32.2 Å². The van der Waals surface area contributed by atoms with Crippen molar-refractivity contribution in [3.8, 4) is 11.1 Å². The van der Waals surface area contributed by atoms with Crippen molar-refractivity contribution < 1.29 is 24.2 Å². The number of carbonyl (C=O) groups is 3. The van der Waals surface area contributed by atoms with Gasteiger partial charge in [0.05, 0.1) is 6.42 Å². The normalized spacial score (nSPS) is 13.3. The molecule has 2 N–H and O–H groups in total. The van der Waals surface area contributed by atoms with Crippen LogP contribution in [0.15, 0.2) is 48.5 Å². The van der Waals surface area contributed by atoms with E-state index < -0.39 is 18.1 Å². The van der Waals surface area contributed by atoms with Gasteiger partial charge in [-0.3, -0.25) is 9.59 Å². The van der Waals surface area contributed by atoms with Crippen molar-refractivity contribution in [3.63, 3.8) is 0 Å². The fraction of sp³-hybridized carbons (Fsp3) is 0.375. The number of amides is 2. The molecule has 0 aliphatic heterocycles. The maximum absolute atomic E-state index is 12.7. The number of carboxylic acid groups (broad SMARTS) is 1. The molecule has 0 spiro atoms. The average Bonchev–Trinajstić information content (AvgIpc) is 3.07. The first kappa shape index (κ1) is 22.3. The van der Waals surface area contributed by atoms with Gasteiger partial charge in [-0.05, 0) is 28.2 Å². The predicted molar refractivity (Wildman–Crippen MR) is 117 cm³/mol. The van der Waals surface area contributed by atoms with E-state index in [0.29, 0.717) is 0 Å². The van der Waals surface area contributed by atoms with Crippen LogP contribution in [0.3, 0.4) is 0 Å². The smallest absolute Gasteiger partial charge is 0.407 e. The van der Waals surface area contributed by atoms with Crippen LogP contribution in [0.4, 0.5) is 4.79 Å². The first-order valence-corrected chi connectivity index (χ1v) is 10.4. The Balaban J connectivity index is 1.65. The topological polar surface area (TPSA) is 95.9 Å². The Morgan fingerprint density at radius 3 is 2.10 bits per heavy atom. The minimum Gasteiger partial charge on any atom is -0.481 e. The number of hydrogen-bond donors (Lipinski definition) is 2. The SMILES string of the molecule is CC(C)C(NC(=O)OCC1c2ccccc2-c2ccccc21)C(=O)N(C)CCC(=O)O. The van der Waals surface area contributed by atoms with Crippen molar-refractivity contribution in [1.82, 2.24) is 10.2 Å². The third-order valence-electron chi connectivity index (χ3n) is 5.59. The van der Waals surface area contributed by atoms with Gasteiger partial charge < -0.3 is 20.1 Å². The van der Waals surface area contributed by atoms with Crippen LogP contribution in [0.5, 0.6) is 0 Å². The molecule has 1 aliphatic carbocycles. The molecule has 31 heavy (non-hydrogen) atoms. The molecule has 0 fully saturated rings. The molecule has 164 valence electrons. The van der Waals surface area contributed by atoms with E-state index in [1.54, 1.807) is 0 Å². The summed E-state index contributed by atoms with van der Waals surface area (Å²) in [7, 11) is 1.53. The molecule has 1 atom stereocenters. The molecule has 2 amide bonds. The Bertz CT molecular complexity index is 926. The molecule has 0 saturated carbocycles. The zero-order chi connectivity index (χ0) is 22.5. The summed E-state index contributed by atoms with van der Waals surface area (Å²) in [5.41, 5.74) is 4.51. The average molecular weight is 424 g/mol. The van der Waals surface area contributed by atoms with E-state index in [2.05, 4.69) is 17.4 Å². The molecule has 7 heteroatoms. The number of rotatable bonds is 8. The molecule has 0 heterocycles. The highest BCUT2D eigenvalue weighted by Gasteiger charge is 2.31. The molecule has 7 nitrogen and oxygen atoms in total. The van der Waals surface area contributed by atoms with E-state index in [9.17, 15) is 14.4 Å². The van der Waals surface area contributed by atoms with Crippen LogP contribution in [0, 0.1) is 5.92 Å². The molecular weight excluding hydrogens is 396 g/mol. The van der Waals surface area contributed by atoms with Gasteiger partial charge in [-0.25, -0.2) is 4.79 Å². The lowest BCUT2D eigenvalue weighted by Gasteiger charge is -2.26. The molecule has 0 radical (unpaired) electrons. The molecule has 1 unspecified atom stereocenters. The van der Waals surface area contributed by atoms with E-state index in [4.69, 9.17) is 9.84 Å². The second-order valence-electron chi connectivity index (χ2n) is 8.10. The van der Waals surface area contributed by atoms with Crippen LogP contribution in [0.1, 0.15) is 37.3 Å². The number of nitrogens with zero attached hydrogens (tertiary/aromatic N) is 1. The zero-order valence-electron chi connectivity index (χ0n) is 18.0. The highest BCUT2D eigenvalue weighted by molar-refractivity contribution is 5.86. The molecule has 3 rings (SSSR count). The highest BCUT2D eigenvalue weighted by atomic mass is 16.5. The standard InChI is InChI=1S/C24H28N2O5/c1-15(2)22(23(29)26(3)13-12-21(27)28)25-24(30)31-14-20-18-10-6-4-8-16(18)17-9-5-7-11-19(17)20/h4-11,15,20,22H,12-14H2,1-3H3,(H,25,30)(H,27,28). The molecule has 0 bridgehead atoms. The number of fused-ring (bicyclic) bond motifs is 3. The van der Waals surface area contributed by atoms with Gasteiger partial charge in [-0.2, -0.15) is 0 Å². The van der Waals surface area contributed by atoms with Crippen molar-refractivity contribution >= 4 is 18.0 Å². The first-order valence-electron chi connectivity index (χ1n) is 10.4. The lowest BCUT2D eigenvalue weighted by Crippen LogP contribution is -2.50. The Morgan fingerprint density at radius 1 is 1.03 bits per heavy atom. The fourth-order valence-electron chi connectivity index (χ4n) is 3.89. The summed E-state index contributed by atoms with van der Waals surface area (Å²) >= 11 is 0. The summed E-state index contributed by atoms with van der Waals surface area (Å²) in [4.78, 5) is 37.3. The lowest BCUT2D eigenvalue weighted by molar-refractivity contribution is -0.138. The maximum atomic E-state index is 12.7. The molecule has 2 aromatic carbocycles. The number of nitrogens with one attached hydrogen (secondary N) is 1. The van der Waals surface area contributed by atoms with Gasteiger partial charge in [0.15, 0.2) is 0 Å². The van der Waals surface area contributed by atoms with Crippen LogP contribution >= 0.6 is 0 Å². The fourth-order valence-corrected chi connectivity index (χ4v) is 3.89.